The Labute approximate surface area is 134 Å². The predicted molar refractivity (Wildman–Crippen MR) is 84.7 cm³/mol. The molecule has 0 heterocycles. The van der Waals surface area contributed by atoms with Crippen LogP contribution in [0.4, 0.5) is 8.78 Å². The van der Waals surface area contributed by atoms with E-state index >= 15 is 0 Å². The number of rotatable bonds is 5. The maximum atomic E-state index is 13.6. The van der Waals surface area contributed by atoms with Crippen LogP contribution in [0.15, 0.2) is 42.5 Å². The molecule has 2 aromatic rings. The molecule has 0 radical (unpaired) electrons. The standard InChI is InChI=1S/C18H19F2NO2/c1-18(2,13-5-4-6-14(19)10-13)11-21-17(22)12-7-8-16(23-3)15(20)9-12/h4-10H,11H2,1-3H3,(H,21,22). The molecule has 3 nitrogen and oxygen atoms in total. The molecule has 0 spiro atoms. The Morgan fingerprint density at radius 1 is 1.17 bits per heavy atom. The van der Waals surface area contributed by atoms with Crippen LogP contribution >= 0.6 is 0 Å². The Morgan fingerprint density at radius 3 is 2.52 bits per heavy atom. The second kappa shape index (κ2) is 6.77. The molecule has 0 aliphatic rings. The Morgan fingerprint density at radius 2 is 1.91 bits per heavy atom. The molecule has 0 aliphatic heterocycles. The van der Waals surface area contributed by atoms with Gasteiger partial charge in [-0.3, -0.25) is 4.79 Å². The second-order valence-corrected chi connectivity index (χ2v) is 5.93. The predicted octanol–water partition coefficient (Wildman–Crippen LogP) is 3.68. The third-order valence-corrected chi connectivity index (χ3v) is 3.71. The van der Waals surface area contributed by atoms with Crippen LogP contribution < -0.4 is 10.1 Å². The average molecular weight is 319 g/mol. The summed E-state index contributed by atoms with van der Waals surface area (Å²) in [5.41, 5.74) is 0.528. The van der Waals surface area contributed by atoms with Crippen LogP contribution in [0.2, 0.25) is 0 Å². The van der Waals surface area contributed by atoms with Crippen LogP contribution in [0.5, 0.6) is 5.75 Å². The molecule has 0 aromatic heterocycles. The first-order valence-electron chi connectivity index (χ1n) is 7.21. The summed E-state index contributed by atoms with van der Waals surface area (Å²) in [7, 11) is 1.36. The Kier molecular flexibility index (Phi) is 4.98. The molecule has 122 valence electrons. The molecule has 0 saturated carbocycles. The van der Waals surface area contributed by atoms with E-state index in [1.165, 1.54) is 31.4 Å². The summed E-state index contributed by atoms with van der Waals surface area (Å²) in [6, 6.07) is 10.3. The summed E-state index contributed by atoms with van der Waals surface area (Å²) < 4.78 is 31.8. The van der Waals surface area contributed by atoms with E-state index in [4.69, 9.17) is 4.74 Å². The summed E-state index contributed by atoms with van der Waals surface area (Å²) in [6.45, 7) is 4.09. The van der Waals surface area contributed by atoms with Gasteiger partial charge in [-0.05, 0) is 35.9 Å². The first-order valence-corrected chi connectivity index (χ1v) is 7.21. The lowest BCUT2D eigenvalue weighted by Crippen LogP contribution is -2.36. The Bertz CT molecular complexity index is 714. The van der Waals surface area contributed by atoms with Gasteiger partial charge in [0.25, 0.3) is 5.91 Å². The van der Waals surface area contributed by atoms with Crippen molar-refractivity contribution < 1.29 is 18.3 Å². The molecule has 0 atom stereocenters. The number of nitrogens with one attached hydrogen (secondary N) is 1. The number of hydrogen-bond acceptors (Lipinski definition) is 2. The molecule has 1 amide bonds. The van der Waals surface area contributed by atoms with Gasteiger partial charge in [0, 0.05) is 17.5 Å². The molecule has 0 aliphatic carbocycles. The first-order chi connectivity index (χ1) is 10.8. The fourth-order valence-electron chi connectivity index (χ4n) is 2.22. The third-order valence-electron chi connectivity index (χ3n) is 3.71. The van der Waals surface area contributed by atoms with Crippen LogP contribution in [-0.2, 0) is 5.41 Å². The van der Waals surface area contributed by atoms with Crippen molar-refractivity contribution in [2.24, 2.45) is 0 Å². The van der Waals surface area contributed by atoms with Crippen molar-refractivity contribution in [3.63, 3.8) is 0 Å². The second-order valence-electron chi connectivity index (χ2n) is 5.93. The fourth-order valence-corrected chi connectivity index (χ4v) is 2.22. The molecule has 5 heteroatoms. The first kappa shape index (κ1) is 16.9. The molecule has 0 bridgehead atoms. The summed E-state index contributed by atoms with van der Waals surface area (Å²) in [5.74, 6) is -1.22. The minimum absolute atomic E-state index is 0.0849. The molecule has 0 saturated heterocycles. The minimum atomic E-state index is -0.593. The zero-order valence-electron chi connectivity index (χ0n) is 13.3. The van der Waals surface area contributed by atoms with Gasteiger partial charge in [-0.2, -0.15) is 0 Å². The fraction of sp³-hybridized carbons (Fsp3) is 0.278. The monoisotopic (exact) mass is 319 g/mol. The summed E-state index contributed by atoms with van der Waals surface area (Å²) in [6.07, 6.45) is 0. The summed E-state index contributed by atoms with van der Waals surface area (Å²) in [5, 5.41) is 2.75. The van der Waals surface area contributed by atoms with Crippen molar-refractivity contribution >= 4 is 5.91 Å². The van der Waals surface area contributed by atoms with Crippen LogP contribution in [0.1, 0.15) is 29.8 Å². The molecule has 23 heavy (non-hydrogen) atoms. The largest absolute Gasteiger partial charge is 0.494 e. The number of ether oxygens (including phenoxy) is 1. The van der Waals surface area contributed by atoms with E-state index in [0.717, 1.165) is 11.6 Å². The number of benzene rings is 2. The van der Waals surface area contributed by atoms with Crippen molar-refractivity contribution in [2.45, 2.75) is 19.3 Å². The van der Waals surface area contributed by atoms with Gasteiger partial charge in [-0.1, -0.05) is 26.0 Å². The average Bonchev–Trinajstić information content (AvgIpc) is 2.52. The molecule has 0 fully saturated rings. The van der Waals surface area contributed by atoms with Crippen molar-refractivity contribution in [3.8, 4) is 5.75 Å². The van der Waals surface area contributed by atoms with Gasteiger partial charge in [0.1, 0.15) is 5.82 Å². The quantitative estimate of drug-likeness (QED) is 0.913. The summed E-state index contributed by atoms with van der Waals surface area (Å²) in [4.78, 5) is 12.1. The van der Waals surface area contributed by atoms with Gasteiger partial charge in [-0.25, -0.2) is 8.78 Å². The maximum absolute atomic E-state index is 13.6. The number of halogens is 2. The number of hydrogen-bond donors (Lipinski definition) is 1. The number of amides is 1. The SMILES string of the molecule is COc1ccc(C(=O)NCC(C)(C)c2cccc(F)c2)cc1F. The van der Waals surface area contributed by atoms with Crippen LogP contribution in [-0.4, -0.2) is 19.6 Å². The highest BCUT2D eigenvalue weighted by molar-refractivity contribution is 5.94. The van der Waals surface area contributed by atoms with Gasteiger partial charge in [0.05, 0.1) is 7.11 Å². The third kappa shape index (κ3) is 4.06. The van der Waals surface area contributed by atoms with E-state index in [0.29, 0.717) is 6.54 Å². The molecule has 0 unspecified atom stereocenters. The number of carbonyl (C=O) groups is 1. The molecular formula is C18H19F2NO2. The molecule has 1 N–H and O–H groups in total. The maximum Gasteiger partial charge on any atom is 0.251 e. The number of carbonyl (C=O) groups excluding carboxylic acids is 1. The highest BCUT2D eigenvalue weighted by Gasteiger charge is 2.22. The van der Waals surface area contributed by atoms with Gasteiger partial charge in [0.2, 0.25) is 0 Å². The van der Waals surface area contributed by atoms with Crippen molar-refractivity contribution in [2.75, 3.05) is 13.7 Å². The van der Waals surface area contributed by atoms with Crippen LogP contribution in [0.3, 0.4) is 0 Å². The van der Waals surface area contributed by atoms with Gasteiger partial charge < -0.3 is 10.1 Å². The van der Waals surface area contributed by atoms with Crippen molar-refractivity contribution in [3.05, 3.63) is 65.2 Å². The molecule has 2 rings (SSSR count). The lowest BCUT2D eigenvalue weighted by atomic mass is 9.84. The van der Waals surface area contributed by atoms with E-state index in [2.05, 4.69) is 5.32 Å². The van der Waals surface area contributed by atoms with Crippen LogP contribution in [0.25, 0.3) is 0 Å². The normalized spacial score (nSPS) is 11.2. The minimum Gasteiger partial charge on any atom is -0.494 e. The molecule has 2 aromatic carbocycles. The van der Waals surface area contributed by atoms with Gasteiger partial charge in [0.15, 0.2) is 11.6 Å². The zero-order chi connectivity index (χ0) is 17.0. The van der Waals surface area contributed by atoms with Gasteiger partial charge in [-0.15, -0.1) is 0 Å². The smallest absolute Gasteiger partial charge is 0.251 e. The van der Waals surface area contributed by atoms with E-state index in [1.54, 1.807) is 6.07 Å². The highest BCUT2D eigenvalue weighted by Crippen LogP contribution is 2.23. The Hall–Kier alpha value is -2.43. The van der Waals surface area contributed by atoms with E-state index in [-0.39, 0.29) is 17.1 Å². The van der Waals surface area contributed by atoms with Crippen molar-refractivity contribution in [1.82, 2.24) is 5.32 Å². The molecular weight excluding hydrogens is 300 g/mol. The Balaban J connectivity index is 2.07. The van der Waals surface area contributed by atoms with E-state index in [9.17, 15) is 13.6 Å². The van der Waals surface area contributed by atoms with E-state index < -0.39 is 17.1 Å². The topological polar surface area (TPSA) is 38.3 Å². The van der Waals surface area contributed by atoms with Crippen LogP contribution in [0, 0.1) is 11.6 Å². The summed E-state index contributed by atoms with van der Waals surface area (Å²) >= 11 is 0. The zero-order valence-corrected chi connectivity index (χ0v) is 13.3. The van der Waals surface area contributed by atoms with Crippen molar-refractivity contribution in [1.29, 1.82) is 0 Å². The van der Waals surface area contributed by atoms with Gasteiger partial charge >= 0.3 is 0 Å². The van der Waals surface area contributed by atoms with E-state index in [1.807, 2.05) is 19.9 Å². The lowest BCUT2D eigenvalue weighted by molar-refractivity contribution is 0.0945. The lowest BCUT2D eigenvalue weighted by Gasteiger charge is -2.25. The number of methoxy groups -OCH3 is 1. The highest BCUT2D eigenvalue weighted by atomic mass is 19.1.